The molecular formula is C10H22O5. The highest BCUT2D eigenvalue weighted by atomic mass is 16.5. The first-order valence-electron chi connectivity index (χ1n) is 5.37. The van der Waals surface area contributed by atoms with E-state index in [1.807, 2.05) is 0 Å². The Labute approximate surface area is 90.0 Å². The fraction of sp³-hybridized carbons (Fsp3) is 1.00. The van der Waals surface area contributed by atoms with Gasteiger partial charge in [-0.3, -0.25) is 0 Å². The second kappa shape index (κ2) is 9.06. The molecule has 0 spiro atoms. The van der Waals surface area contributed by atoms with Gasteiger partial charge in [-0.15, -0.1) is 0 Å². The van der Waals surface area contributed by atoms with Gasteiger partial charge in [0.15, 0.2) is 6.29 Å². The van der Waals surface area contributed by atoms with Crippen LogP contribution in [-0.2, 0) is 0 Å². The first-order chi connectivity index (χ1) is 7.11. The maximum absolute atomic E-state index is 9.45. The van der Waals surface area contributed by atoms with Gasteiger partial charge >= 0.3 is 0 Å². The molecule has 0 rings (SSSR count). The maximum Gasteiger partial charge on any atom is 0.151 e. The highest BCUT2D eigenvalue weighted by Crippen LogP contribution is 2.19. The van der Waals surface area contributed by atoms with E-state index in [0.29, 0.717) is 25.7 Å². The van der Waals surface area contributed by atoms with Crippen molar-refractivity contribution >= 4 is 0 Å². The molecule has 0 aliphatic heterocycles. The average molecular weight is 222 g/mol. The Balaban J connectivity index is 3.79. The Morgan fingerprint density at radius 3 is 1.87 bits per heavy atom. The smallest absolute Gasteiger partial charge is 0.151 e. The molecule has 15 heavy (non-hydrogen) atoms. The molecular weight excluding hydrogens is 200 g/mol. The third-order valence-electron chi connectivity index (χ3n) is 2.50. The number of aliphatic hydroxyl groups is 5. The van der Waals surface area contributed by atoms with Crippen molar-refractivity contribution < 1.29 is 25.5 Å². The van der Waals surface area contributed by atoms with Crippen LogP contribution in [0.4, 0.5) is 0 Å². The maximum atomic E-state index is 9.45. The molecule has 0 heterocycles. The lowest BCUT2D eigenvalue weighted by Gasteiger charge is -2.21. The van der Waals surface area contributed by atoms with Gasteiger partial charge in [0, 0.05) is 6.61 Å². The second-order valence-electron chi connectivity index (χ2n) is 3.79. The average Bonchev–Trinajstić information content (AvgIpc) is 2.21. The van der Waals surface area contributed by atoms with Gasteiger partial charge in [-0.1, -0.05) is 0 Å². The third kappa shape index (κ3) is 7.70. The van der Waals surface area contributed by atoms with Gasteiger partial charge in [0.1, 0.15) is 0 Å². The molecule has 5 N–H and O–H groups in total. The second-order valence-corrected chi connectivity index (χ2v) is 3.79. The molecule has 0 aromatic carbocycles. The van der Waals surface area contributed by atoms with Gasteiger partial charge in [-0.2, -0.15) is 0 Å². The zero-order valence-electron chi connectivity index (χ0n) is 8.92. The molecule has 2 unspecified atom stereocenters. The van der Waals surface area contributed by atoms with Crippen LogP contribution in [0.3, 0.4) is 0 Å². The number of hydrogen-bond acceptors (Lipinski definition) is 5. The Morgan fingerprint density at radius 2 is 1.40 bits per heavy atom. The van der Waals surface area contributed by atoms with Crippen LogP contribution in [0.25, 0.3) is 0 Å². The first-order valence-corrected chi connectivity index (χ1v) is 5.37. The van der Waals surface area contributed by atoms with Crippen LogP contribution in [0, 0.1) is 5.92 Å². The van der Waals surface area contributed by atoms with Gasteiger partial charge in [0.2, 0.25) is 0 Å². The molecule has 0 radical (unpaired) electrons. The van der Waals surface area contributed by atoms with Crippen LogP contribution in [0.15, 0.2) is 0 Å². The summed E-state index contributed by atoms with van der Waals surface area (Å²) < 4.78 is 0. The van der Waals surface area contributed by atoms with E-state index in [1.165, 1.54) is 0 Å². The summed E-state index contributed by atoms with van der Waals surface area (Å²) in [5, 5.41) is 44.2. The number of aliphatic hydroxyl groups excluding tert-OH is 4. The van der Waals surface area contributed by atoms with Crippen LogP contribution >= 0.6 is 0 Å². The van der Waals surface area contributed by atoms with E-state index in [9.17, 15) is 5.11 Å². The summed E-state index contributed by atoms with van der Waals surface area (Å²) in [6, 6.07) is 0. The Hall–Kier alpha value is -0.200. The summed E-state index contributed by atoms with van der Waals surface area (Å²) in [5.41, 5.74) is 0. The van der Waals surface area contributed by atoms with E-state index >= 15 is 0 Å². The molecule has 0 bridgehead atoms. The van der Waals surface area contributed by atoms with E-state index in [1.54, 1.807) is 0 Å². The van der Waals surface area contributed by atoms with E-state index < -0.39 is 12.4 Å². The highest BCUT2D eigenvalue weighted by Gasteiger charge is 2.17. The van der Waals surface area contributed by atoms with Crippen LogP contribution < -0.4 is 0 Å². The minimum absolute atomic E-state index is 0.0667. The molecule has 0 aromatic heterocycles. The largest absolute Gasteiger partial charge is 0.396 e. The normalized spacial score (nSPS) is 15.6. The van der Waals surface area contributed by atoms with Crippen LogP contribution in [0.2, 0.25) is 0 Å². The van der Waals surface area contributed by atoms with Gasteiger partial charge in [0.05, 0.1) is 12.7 Å². The SMILES string of the molecule is OCCCC(CCCC(O)O)C(O)CO. The van der Waals surface area contributed by atoms with E-state index in [2.05, 4.69) is 0 Å². The van der Waals surface area contributed by atoms with Gasteiger partial charge < -0.3 is 25.5 Å². The topological polar surface area (TPSA) is 101 Å². The molecule has 0 aromatic rings. The minimum atomic E-state index is -1.31. The van der Waals surface area contributed by atoms with Crippen LogP contribution in [0.5, 0.6) is 0 Å². The summed E-state index contributed by atoms with van der Waals surface area (Å²) in [6.07, 6.45) is 0.614. The van der Waals surface area contributed by atoms with Crippen molar-refractivity contribution in [1.82, 2.24) is 0 Å². The van der Waals surface area contributed by atoms with Crippen molar-refractivity contribution in [2.24, 2.45) is 5.92 Å². The summed E-state index contributed by atoms with van der Waals surface area (Å²) in [7, 11) is 0. The lowest BCUT2D eigenvalue weighted by Crippen LogP contribution is -2.25. The molecule has 0 fully saturated rings. The van der Waals surface area contributed by atoms with Crippen LogP contribution in [-0.4, -0.2) is 51.1 Å². The minimum Gasteiger partial charge on any atom is -0.396 e. The fourth-order valence-corrected chi connectivity index (χ4v) is 1.59. The van der Waals surface area contributed by atoms with E-state index in [-0.39, 0.29) is 25.6 Å². The van der Waals surface area contributed by atoms with Gasteiger partial charge in [0.25, 0.3) is 0 Å². The van der Waals surface area contributed by atoms with E-state index in [0.717, 1.165) is 0 Å². The van der Waals surface area contributed by atoms with Gasteiger partial charge in [-0.25, -0.2) is 0 Å². The van der Waals surface area contributed by atoms with Crippen molar-refractivity contribution in [3.05, 3.63) is 0 Å². The third-order valence-corrected chi connectivity index (χ3v) is 2.50. The summed E-state index contributed by atoms with van der Waals surface area (Å²) in [5.74, 6) is -0.0825. The molecule has 0 saturated carbocycles. The molecule has 92 valence electrons. The zero-order chi connectivity index (χ0) is 11.7. The molecule has 0 amide bonds. The van der Waals surface area contributed by atoms with Crippen LogP contribution in [0.1, 0.15) is 32.1 Å². The van der Waals surface area contributed by atoms with Crippen molar-refractivity contribution in [2.45, 2.75) is 44.5 Å². The summed E-state index contributed by atoms with van der Waals surface area (Å²) in [6.45, 7) is -0.227. The molecule has 0 saturated heterocycles. The first kappa shape index (κ1) is 14.8. The molecule has 5 nitrogen and oxygen atoms in total. The monoisotopic (exact) mass is 222 g/mol. The van der Waals surface area contributed by atoms with Crippen molar-refractivity contribution in [3.8, 4) is 0 Å². The predicted molar refractivity (Wildman–Crippen MR) is 55.0 cm³/mol. The Morgan fingerprint density at radius 1 is 0.800 bits per heavy atom. The molecule has 5 heteroatoms. The Bertz CT molecular complexity index is 140. The fourth-order valence-electron chi connectivity index (χ4n) is 1.59. The van der Waals surface area contributed by atoms with Crippen molar-refractivity contribution in [3.63, 3.8) is 0 Å². The molecule has 0 aliphatic rings. The Kier molecular flexibility index (Phi) is 8.94. The van der Waals surface area contributed by atoms with Crippen molar-refractivity contribution in [1.29, 1.82) is 0 Å². The number of hydrogen-bond donors (Lipinski definition) is 5. The zero-order valence-corrected chi connectivity index (χ0v) is 8.92. The van der Waals surface area contributed by atoms with E-state index in [4.69, 9.17) is 20.4 Å². The standard InChI is InChI=1S/C10H22O5/c11-6-2-4-8(9(13)7-12)3-1-5-10(14)15/h8-15H,1-7H2. The summed E-state index contributed by atoms with van der Waals surface area (Å²) >= 11 is 0. The van der Waals surface area contributed by atoms with Gasteiger partial charge in [-0.05, 0) is 38.0 Å². The quantitative estimate of drug-likeness (QED) is 0.329. The predicted octanol–water partition coefficient (Wildman–Crippen LogP) is -0.791. The lowest BCUT2D eigenvalue weighted by molar-refractivity contribution is -0.0489. The van der Waals surface area contributed by atoms with Crippen molar-refractivity contribution in [2.75, 3.05) is 13.2 Å². The number of rotatable bonds is 9. The molecule has 0 aliphatic carbocycles. The molecule has 2 atom stereocenters. The lowest BCUT2D eigenvalue weighted by atomic mass is 9.91. The highest BCUT2D eigenvalue weighted by molar-refractivity contribution is 4.68. The summed E-state index contributed by atoms with van der Waals surface area (Å²) in [4.78, 5) is 0.